The third-order valence-electron chi connectivity index (χ3n) is 3.93. The molecule has 0 unspecified atom stereocenters. The monoisotopic (exact) mass is 384 g/mol. The molecule has 1 aromatic heterocycles. The summed E-state index contributed by atoms with van der Waals surface area (Å²) in [7, 11) is 1.39. The summed E-state index contributed by atoms with van der Waals surface area (Å²) >= 11 is 3.43. The van der Waals surface area contributed by atoms with E-state index in [1.54, 1.807) is 0 Å². The second kappa shape index (κ2) is 7.01. The molecule has 0 saturated carbocycles. The predicted molar refractivity (Wildman–Crippen MR) is 97.0 cm³/mol. The number of nitrogens with one attached hydrogen (secondary N) is 1. The van der Waals surface area contributed by atoms with Gasteiger partial charge in [0.05, 0.1) is 18.5 Å². The Morgan fingerprint density at radius 1 is 1.17 bits per heavy atom. The van der Waals surface area contributed by atoms with Crippen molar-refractivity contribution in [3.05, 3.63) is 75.4 Å². The number of H-pyrrole nitrogens is 1. The largest absolute Gasteiger partial charge is 0.465 e. The number of ether oxygens (including phenoxy) is 1. The van der Waals surface area contributed by atoms with E-state index in [1.807, 2.05) is 55.5 Å². The minimum atomic E-state index is -0.380. The number of carbonyl (C=O) groups is 1. The maximum atomic E-state index is 12.4. The Hall–Kier alpha value is -2.40. The molecule has 5 heteroatoms. The molecule has 0 atom stereocenters. The summed E-state index contributed by atoms with van der Waals surface area (Å²) in [5, 5.41) is 7.40. The number of aromatic amines is 1. The maximum absolute atomic E-state index is 12.4. The maximum Gasteiger partial charge on any atom is 0.342 e. The molecular formula is C19H17BrN2O2. The van der Waals surface area contributed by atoms with Gasteiger partial charge in [0.25, 0.3) is 0 Å². The van der Waals surface area contributed by atoms with Crippen LogP contribution in [0.4, 0.5) is 0 Å². The second-order valence-electron chi connectivity index (χ2n) is 5.53. The van der Waals surface area contributed by atoms with E-state index in [0.717, 1.165) is 21.2 Å². The fraction of sp³-hybridized carbons (Fsp3) is 0.158. The van der Waals surface area contributed by atoms with Gasteiger partial charge in [0.2, 0.25) is 0 Å². The molecule has 3 rings (SSSR count). The number of benzene rings is 2. The minimum absolute atomic E-state index is 0.380. The van der Waals surface area contributed by atoms with Gasteiger partial charge < -0.3 is 4.74 Å². The standard InChI is InChI=1S/C19H17BrN2O2/c1-12-5-3-4-6-15(12)18-17(19(23)24-2)16(21-22-18)11-13-7-9-14(20)10-8-13/h3-10H,11H2,1-2H3,(H,21,22). The van der Waals surface area contributed by atoms with Gasteiger partial charge in [-0.25, -0.2) is 4.79 Å². The topological polar surface area (TPSA) is 55.0 Å². The number of halogens is 1. The molecule has 0 amide bonds. The summed E-state index contributed by atoms with van der Waals surface area (Å²) in [5.41, 5.74) is 4.98. The molecule has 0 aliphatic heterocycles. The van der Waals surface area contributed by atoms with Gasteiger partial charge >= 0.3 is 5.97 Å². The van der Waals surface area contributed by atoms with Crippen LogP contribution in [0.5, 0.6) is 0 Å². The molecular weight excluding hydrogens is 368 g/mol. The molecule has 0 radical (unpaired) electrons. The Bertz CT molecular complexity index is 869. The second-order valence-corrected chi connectivity index (χ2v) is 6.45. The van der Waals surface area contributed by atoms with Crippen LogP contribution in [0.3, 0.4) is 0 Å². The van der Waals surface area contributed by atoms with Crippen molar-refractivity contribution in [3.8, 4) is 11.3 Å². The Kier molecular flexibility index (Phi) is 4.81. The zero-order valence-corrected chi connectivity index (χ0v) is 15.1. The molecule has 24 heavy (non-hydrogen) atoms. The lowest BCUT2D eigenvalue weighted by molar-refractivity contribution is 0.0600. The molecule has 0 aliphatic carbocycles. The van der Waals surface area contributed by atoms with Gasteiger partial charge in [-0.1, -0.05) is 52.3 Å². The number of hydrogen-bond acceptors (Lipinski definition) is 3. The summed E-state index contributed by atoms with van der Waals surface area (Å²) in [4.78, 5) is 12.4. The van der Waals surface area contributed by atoms with Gasteiger partial charge in [0.15, 0.2) is 0 Å². The first-order chi connectivity index (χ1) is 11.6. The molecule has 1 heterocycles. The van der Waals surface area contributed by atoms with E-state index in [2.05, 4.69) is 26.1 Å². The van der Waals surface area contributed by atoms with Gasteiger partial charge in [-0.05, 0) is 30.2 Å². The van der Waals surface area contributed by atoms with E-state index >= 15 is 0 Å². The van der Waals surface area contributed by atoms with Crippen LogP contribution in [0, 0.1) is 6.92 Å². The zero-order valence-electron chi connectivity index (χ0n) is 13.5. The Morgan fingerprint density at radius 3 is 2.54 bits per heavy atom. The van der Waals surface area contributed by atoms with Gasteiger partial charge in [-0.15, -0.1) is 0 Å². The summed E-state index contributed by atoms with van der Waals surface area (Å²) in [6, 6.07) is 15.9. The molecule has 0 aliphatic rings. The first-order valence-corrected chi connectivity index (χ1v) is 8.35. The fourth-order valence-electron chi connectivity index (χ4n) is 2.67. The Balaban J connectivity index is 2.06. The number of esters is 1. The minimum Gasteiger partial charge on any atom is -0.465 e. The van der Waals surface area contributed by atoms with Crippen molar-refractivity contribution in [2.24, 2.45) is 0 Å². The van der Waals surface area contributed by atoms with Crippen LogP contribution in [0.1, 0.15) is 27.2 Å². The van der Waals surface area contributed by atoms with E-state index < -0.39 is 0 Å². The highest BCUT2D eigenvalue weighted by Gasteiger charge is 2.23. The van der Waals surface area contributed by atoms with Crippen molar-refractivity contribution in [2.45, 2.75) is 13.3 Å². The molecule has 0 bridgehead atoms. The van der Waals surface area contributed by atoms with Crippen LogP contribution in [0.25, 0.3) is 11.3 Å². The third kappa shape index (κ3) is 3.26. The molecule has 0 spiro atoms. The van der Waals surface area contributed by atoms with Crippen LogP contribution in [-0.2, 0) is 11.2 Å². The molecule has 0 saturated heterocycles. The van der Waals surface area contributed by atoms with E-state index in [4.69, 9.17) is 4.74 Å². The number of hydrogen-bond donors (Lipinski definition) is 1. The molecule has 0 fully saturated rings. The zero-order chi connectivity index (χ0) is 17.1. The van der Waals surface area contributed by atoms with Crippen molar-refractivity contribution in [3.63, 3.8) is 0 Å². The van der Waals surface area contributed by atoms with Crippen LogP contribution in [0.2, 0.25) is 0 Å². The average molecular weight is 385 g/mol. The first kappa shape index (κ1) is 16.5. The van der Waals surface area contributed by atoms with E-state index in [0.29, 0.717) is 23.4 Å². The van der Waals surface area contributed by atoms with Gasteiger partial charge in [0, 0.05) is 16.5 Å². The molecule has 1 N–H and O–H groups in total. The quantitative estimate of drug-likeness (QED) is 0.672. The Labute approximate surface area is 149 Å². The molecule has 3 aromatic rings. The fourth-order valence-corrected chi connectivity index (χ4v) is 2.94. The van der Waals surface area contributed by atoms with Gasteiger partial charge in [0.1, 0.15) is 5.56 Å². The lowest BCUT2D eigenvalue weighted by Gasteiger charge is -2.07. The summed E-state index contributed by atoms with van der Waals surface area (Å²) < 4.78 is 6.00. The van der Waals surface area contributed by atoms with E-state index in [9.17, 15) is 4.79 Å². The van der Waals surface area contributed by atoms with Crippen LogP contribution in [-0.4, -0.2) is 23.3 Å². The van der Waals surface area contributed by atoms with E-state index in [1.165, 1.54) is 7.11 Å². The summed E-state index contributed by atoms with van der Waals surface area (Å²) in [5.74, 6) is -0.380. The van der Waals surface area contributed by atoms with Crippen molar-refractivity contribution in [1.82, 2.24) is 10.2 Å². The van der Waals surface area contributed by atoms with Crippen molar-refractivity contribution in [2.75, 3.05) is 7.11 Å². The number of rotatable bonds is 4. The highest BCUT2D eigenvalue weighted by molar-refractivity contribution is 9.10. The normalized spacial score (nSPS) is 10.6. The number of carbonyl (C=O) groups excluding carboxylic acids is 1. The molecule has 2 aromatic carbocycles. The number of nitrogens with zero attached hydrogens (tertiary/aromatic N) is 1. The lowest BCUT2D eigenvalue weighted by atomic mass is 9.99. The highest BCUT2D eigenvalue weighted by Crippen LogP contribution is 2.28. The van der Waals surface area contributed by atoms with Crippen LogP contribution >= 0.6 is 15.9 Å². The average Bonchev–Trinajstić information content (AvgIpc) is 3.00. The van der Waals surface area contributed by atoms with Crippen molar-refractivity contribution >= 4 is 21.9 Å². The summed E-state index contributed by atoms with van der Waals surface area (Å²) in [6.45, 7) is 2.01. The number of aryl methyl sites for hydroxylation is 1. The molecule has 122 valence electrons. The van der Waals surface area contributed by atoms with Gasteiger partial charge in [-0.2, -0.15) is 5.10 Å². The number of aromatic nitrogens is 2. The lowest BCUT2D eigenvalue weighted by Crippen LogP contribution is -2.06. The van der Waals surface area contributed by atoms with Gasteiger partial charge in [-0.3, -0.25) is 5.10 Å². The SMILES string of the molecule is COC(=O)c1c(Cc2ccc(Br)cc2)n[nH]c1-c1ccccc1C. The first-order valence-electron chi connectivity index (χ1n) is 7.56. The number of methoxy groups -OCH3 is 1. The predicted octanol–water partition coefficient (Wildman–Crippen LogP) is 4.53. The van der Waals surface area contributed by atoms with Crippen LogP contribution < -0.4 is 0 Å². The van der Waals surface area contributed by atoms with E-state index in [-0.39, 0.29) is 5.97 Å². The van der Waals surface area contributed by atoms with Crippen molar-refractivity contribution in [1.29, 1.82) is 0 Å². The molecule has 4 nitrogen and oxygen atoms in total. The third-order valence-corrected chi connectivity index (χ3v) is 4.46. The van der Waals surface area contributed by atoms with Crippen molar-refractivity contribution < 1.29 is 9.53 Å². The highest BCUT2D eigenvalue weighted by atomic mass is 79.9. The Morgan fingerprint density at radius 2 is 1.88 bits per heavy atom. The smallest absolute Gasteiger partial charge is 0.342 e. The van der Waals surface area contributed by atoms with Crippen LogP contribution in [0.15, 0.2) is 53.0 Å². The summed E-state index contributed by atoms with van der Waals surface area (Å²) in [6.07, 6.45) is 0.556.